The number of carbonyl (C=O) groups excluding carboxylic acids is 1. The fourth-order valence-corrected chi connectivity index (χ4v) is 1.14. The Balaban J connectivity index is 2.03. The quantitative estimate of drug-likeness (QED) is 0.731. The molecule has 1 aliphatic rings. The summed E-state index contributed by atoms with van der Waals surface area (Å²) in [7, 11) is 0. The predicted octanol–water partition coefficient (Wildman–Crippen LogP) is 0.466. The number of carbonyl (C=O) groups is 1. The van der Waals surface area contributed by atoms with Crippen LogP contribution in [0, 0.1) is 0 Å². The Morgan fingerprint density at radius 1 is 1.57 bits per heavy atom. The van der Waals surface area contributed by atoms with Gasteiger partial charge in [0.15, 0.2) is 0 Å². The molecule has 0 unspecified atom stereocenters. The van der Waals surface area contributed by atoms with Crippen LogP contribution in [0.3, 0.4) is 0 Å². The third kappa shape index (κ3) is 2.09. The van der Waals surface area contributed by atoms with Gasteiger partial charge in [0.2, 0.25) is 0 Å². The maximum Gasteiger partial charge on any atom is 0.270 e. The van der Waals surface area contributed by atoms with Gasteiger partial charge in [0.1, 0.15) is 5.69 Å². The number of aliphatic hydroxyl groups is 1. The van der Waals surface area contributed by atoms with Crippen molar-refractivity contribution in [2.45, 2.75) is 25.5 Å². The molecule has 1 aromatic heterocycles. The zero-order chi connectivity index (χ0) is 9.97. The summed E-state index contributed by atoms with van der Waals surface area (Å²) in [5, 5.41) is 11.6. The van der Waals surface area contributed by atoms with Gasteiger partial charge in [0.25, 0.3) is 5.91 Å². The standard InChI is InChI=1S/C10H12N2O2/c13-6-7-1-4-9(11-5-7)10(14)12-8-2-3-8/h1,4-5,8,13H,2-3,6H2,(H,12,14). The van der Waals surface area contributed by atoms with Crippen molar-refractivity contribution in [3.8, 4) is 0 Å². The van der Waals surface area contributed by atoms with E-state index in [0.29, 0.717) is 17.3 Å². The van der Waals surface area contributed by atoms with Crippen molar-refractivity contribution >= 4 is 5.91 Å². The first-order valence-electron chi connectivity index (χ1n) is 4.66. The summed E-state index contributed by atoms with van der Waals surface area (Å²) >= 11 is 0. The summed E-state index contributed by atoms with van der Waals surface area (Å²) in [6.45, 7) is -0.0441. The Kier molecular flexibility index (Phi) is 2.45. The molecule has 0 atom stereocenters. The van der Waals surface area contributed by atoms with Gasteiger partial charge < -0.3 is 10.4 Å². The molecule has 2 rings (SSSR count). The lowest BCUT2D eigenvalue weighted by atomic mass is 10.2. The smallest absolute Gasteiger partial charge is 0.270 e. The van der Waals surface area contributed by atoms with E-state index in [1.165, 1.54) is 6.20 Å². The molecule has 14 heavy (non-hydrogen) atoms. The van der Waals surface area contributed by atoms with Crippen molar-refractivity contribution in [2.75, 3.05) is 0 Å². The van der Waals surface area contributed by atoms with Crippen molar-refractivity contribution in [2.24, 2.45) is 0 Å². The minimum Gasteiger partial charge on any atom is -0.392 e. The molecule has 2 N–H and O–H groups in total. The molecule has 1 amide bonds. The van der Waals surface area contributed by atoms with Gasteiger partial charge in [-0.1, -0.05) is 6.07 Å². The first kappa shape index (κ1) is 9.15. The highest BCUT2D eigenvalue weighted by Gasteiger charge is 2.24. The average molecular weight is 192 g/mol. The van der Waals surface area contributed by atoms with Crippen molar-refractivity contribution in [1.82, 2.24) is 10.3 Å². The Bertz CT molecular complexity index is 330. The monoisotopic (exact) mass is 192 g/mol. The van der Waals surface area contributed by atoms with Crippen LogP contribution in [-0.2, 0) is 6.61 Å². The van der Waals surface area contributed by atoms with Crippen molar-refractivity contribution in [1.29, 1.82) is 0 Å². The summed E-state index contributed by atoms with van der Waals surface area (Å²) < 4.78 is 0. The SMILES string of the molecule is O=C(NC1CC1)c1ccc(CO)cn1. The highest BCUT2D eigenvalue weighted by molar-refractivity contribution is 5.92. The Labute approximate surface area is 82.0 Å². The summed E-state index contributed by atoms with van der Waals surface area (Å²) in [5.41, 5.74) is 1.13. The number of amides is 1. The second-order valence-electron chi connectivity index (χ2n) is 3.46. The molecule has 0 radical (unpaired) electrons. The third-order valence-corrected chi connectivity index (χ3v) is 2.15. The maximum atomic E-state index is 11.5. The fraction of sp³-hybridized carbons (Fsp3) is 0.400. The van der Waals surface area contributed by atoms with Gasteiger partial charge in [-0.2, -0.15) is 0 Å². The maximum absolute atomic E-state index is 11.5. The number of hydrogen-bond acceptors (Lipinski definition) is 3. The molecule has 1 heterocycles. The van der Waals surface area contributed by atoms with Gasteiger partial charge in [-0.15, -0.1) is 0 Å². The van der Waals surface area contributed by atoms with E-state index in [2.05, 4.69) is 10.3 Å². The second kappa shape index (κ2) is 3.75. The zero-order valence-corrected chi connectivity index (χ0v) is 7.73. The summed E-state index contributed by atoms with van der Waals surface area (Å²) in [6, 6.07) is 3.68. The van der Waals surface area contributed by atoms with Crippen LogP contribution in [0.4, 0.5) is 0 Å². The minimum absolute atomic E-state index is 0.0441. The number of aliphatic hydroxyl groups excluding tert-OH is 1. The minimum atomic E-state index is -0.128. The van der Waals surface area contributed by atoms with Crippen LogP contribution in [0.15, 0.2) is 18.3 Å². The number of hydrogen-bond donors (Lipinski definition) is 2. The highest BCUT2D eigenvalue weighted by Crippen LogP contribution is 2.19. The molecule has 0 saturated heterocycles. The molecule has 4 nitrogen and oxygen atoms in total. The molecule has 0 aromatic carbocycles. The van der Waals surface area contributed by atoms with Crippen LogP contribution >= 0.6 is 0 Å². The molecular weight excluding hydrogens is 180 g/mol. The molecule has 0 aliphatic heterocycles. The van der Waals surface area contributed by atoms with E-state index < -0.39 is 0 Å². The summed E-state index contributed by atoms with van der Waals surface area (Å²) in [6.07, 6.45) is 3.66. The van der Waals surface area contributed by atoms with Gasteiger partial charge in [0.05, 0.1) is 6.61 Å². The topological polar surface area (TPSA) is 62.2 Å². The Morgan fingerprint density at radius 3 is 2.86 bits per heavy atom. The molecule has 1 aromatic rings. The number of nitrogens with one attached hydrogen (secondary N) is 1. The van der Waals surface area contributed by atoms with E-state index in [4.69, 9.17) is 5.11 Å². The molecule has 74 valence electrons. The number of nitrogens with zero attached hydrogens (tertiary/aromatic N) is 1. The first-order valence-corrected chi connectivity index (χ1v) is 4.66. The van der Waals surface area contributed by atoms with Crippen molar-refractivity contribution in [3.63, 3.8) is 0 Å². The number of pyridine rings is 1. The first-order chi connectivity index (χ1) is 6.79. The van der Waals surface area contributed by atoms with Gasteiger partial charge in [-0.3, -0.25) is 9.78 Å². The Morgan fingerprint density at radius 2 is 2.36 bits per heavy atom. The molecule has 1 aliphatic carbocycles. The van der Waals surface area contributed by atoms with E-state index in [0.717, 1.165) is 12.8 Å². The van der Waals surface area contributed by atoms with E-state index in [9.17, 15) is 4.79 Å². The molecule has 1 fully saturated rings. The normalized spacial score (nSPS) is 15.2. The van der Waals surface area contributed by atoms with Crippen LogP contribution in [0.5, 0.6) is 0 Å². The lowest BCUT2D eigenvalue weighted by molar-refractivity contribution is 0.0946. The van der Waals surface area contributed by atoms with Crippen LogP contribution in [0.2, 0.25) is 0 Å². The van der Waals surface area contributed by atoms with Gasteiger partial charge >= 0.3 is 0 Å². The summed E-state index contributed by atoms with van der Waals surface area (Å²) in [5.74, 6) is -0.128. The molecule has 0 spiro atoms. The van der Waals surface area contributed by atoms with Crippen molar-refractivity contribution in [3.05, 3.63) is 29.6 Å². The van der Waals surface area contributed by atoms with E-state index >= 15 is 0 Å². The van der Waals surface area contributed by atoms with Gasteiger partial charge in [-0.25, -0.2) is 0 Å². The molecule has 0 bridgehead atoms. The number of rotatable bonds is 3. The molecular formula is C10H12N2O2. The second-order valence-corrected chi connectivity index (χ2v) is 3.46. The fourth-order valence-electron chi connectivity index (χ4n) is 1.14. The third-order valence-electron chi connectivity index (χ3n) is 2.15. The summed E-state index contributed by atoms with van der Waals surface area (Å²) in [4.78, 5) is 15.4. The highest BCUT2D eigenvalue weighted by atomic mass is 16.3. The van der Waals surface area contributed by atoms with Gasteiger partial charge in [0, 0.05) is 12.2 Å². The molecule has 1 saturated carbocycles. The lowest BCUT2D eigenvalue weighted by Crippen LogP contribution is -2.26. The Hall–Kier alpha value is -1.42. The van der Waals surface area contributed by atoms with Crippen LogP contribution in [0.25, 0.3) is 0 Å². The van der Waals surface area contributed by atoms with Crippen LogP contribution in [0.1, 0.15) is 28.9 Å². The van der Waals surface area contributed by atoms with Gasteiger partial charge in [-0.05, 0) is 24.5 Å². The zero-order valence-electron chi connectivity index (χ0n) is 7.73. The predicted molar refractivity (Wildman–Crippen MR) is 50.6 cm³/mol. The largest absolute Gasteiger partial charge is 0.392 e. The molecule has 4 heteroatoms. The number of aromatic nitrogens is 1. The average Bonchev–Trinajstić information content (AvgIpc) is 3.02. The van der Waals surface area contributed by atoms with E-state index in [1.807, 2.05) is 0 Å². The van der Waals surface area contributed by atoms with E-state index in [-0.39, 0.29) is 12.5 Å². The van der Waals surface area contributed by atoms with Crippen molar-refractivity contribution < 1.29 is 9.90 Å². The van der Waals surface area contributed by atoms with E-state index in [1.54, 1.807) is 12.1 Å². The lowest BCUT2D eigenvalue weighted by Gasteiger charge is -2.02. The van der Waals surface area contributed by atoms with Crippen LogP contribution < -0.4 is 5.32 Å². The van der Waals surface area contributed by atoms with Crippen LogP contribution in [-0.4, -0.2) is 22.0 Å².